The van der Waals surface area contributed by atoms with Crippen LogP contribution in [0.5, 0.6) is 0 Å². The van der Waals surface area contributed by atoms with Crippen LogP contribution in [0.1, 0.15) is 36.8 Å². The highest BCUT2D eigenvalue weighted by Gasteiger charge is 2.18. The first-order chi connectivity index (χ1) is 11.9. The number of rotatable bonds is 7. The zero-order valence-electron chi connectivity index (χ0n) is 15.0. The summed E-state index contributed by atoms with van der Waals surface area (Å²) >= 11 is 0. The van der Waals surface area contributed by atoms with Gasteiger partial charge in [0.1, 0.15) is 5.69 Å². The molecule has 0 unspecified atom stereocenters. The molecule has 0 aliphatic carbocycles. The average Bonchev–Trinajstić information content (AvgIpc) is 3.17. The van der Waals surface area contributed by atoms with Gasteiger partial charge in [-0.25, -0.2) is 0 Å². The second kappa shape index (κ2) is 8.27. The maximum Gasteiger partial charge on any atom is 0.271 e. The van der Waals surface area contributed by atoms with Gasteiger partial charge in [0.05, 0.1) is 18.1 Å². The molecule has 2 rings (SSSR count). The summed E-state index contributed by atoms with van der Waals surface area (Å²) in [6.45, 7) is 7.33. The van der Waals surface area contributed by atoms with Crippen molar-refractivity contribution in [1.82, 2.24) is 24.9 Å². The first-order valence-electron chi connectivity index (χ1n) is 8.22. The molecule has 0 aliphatic rings. The summed E-state index contributed by atoms with van der Waals surface area (Å²) in [6, 6.07) is 0. The molecular weight excluding hydrogens is 320 g/mol. The maximum atomic E-state index is 12.3. The lowest BCUT2D eigenvalue weighted by Crippen LogP contribution is -2.30. The first kappa shape index (κ1) is 18.4. The van der Waals surface area contributed by atoms with Gasteiger partial charge in [0, 0.05) is 38.0 Å². The molecule has 8 nitrogen and oxygen atoms in total. The molecule has 8 heteroatoms. The Balaban J connectivity index is 2.04. The van der Waals surface area contributed by atoms with Gasteiger partial charge in [0.25, 0.3) is 5.91 Å². The number of hydrogen-bond donors (Lipinski definition) is 2. The third-order valence-electron chi connectivity index (χ3n) is 3.49. The molecule has 0 atom stereocenters. The van der Waals surface area contributed by atoms with Gasteiger partial charge in [-0.2, -0.15) is 10.2 Å². The van der Waals surface area contributed by atoms with Crippen molar-refractivity contribution in [1.29, 1.82) is 0 Å². The van der Waals surface area contributed by atoms with Gasteiger partial charge in [0.2, 0.25) is 5.91 Å². The molecule has 2 N–H and O–H groups in total. The van der Waals surface area contributed by atoms with Crippen molar-refractivity contribution in [3.63, 3.8) is 0 Å². The minimum Gasteiger partial charge on any atom is -0.350 e. The van der Waals surface area contributed by atoms with Crippen molar-refractivity contribution < 1.29 is 9.59 Å². The van der Waals surface area contributed by atoms with E-state index in [-0.39, 0.29) is 11.8 Å². The predicted octanol–water partition coefficient (Wildman–Crippen LogP) is 1.67. The maximum absolute atomic E-state index is 12.3. The molecule has 0 aliphatic heterocycles. The van der Waals surface area contributed by atoms with E-state index in [0.717, 1.165) is 12.1 Å². The summed E-state index contributed by atoms with van der Waals surface area (Å²) < 4.78 is 3.22. The standard InChI is InChI=1S/C17H24N6O2/c1-5-23-11-13(9-20-23)6-7-15(24)21-14-10-19-22(4)16(14)17(25)18-8-12(2)3/h6-7,9-12H,5,8H2,1-4H3,(H,18,25)(H,21,24)/b7-6+. The Kier molecular flexibility index (Phi) is 6.10. The van der Waals surface area contributed by atoms with Crippen LogP contribution in [0, 0.1) is 5.92 Å². The summed E-state index contributed by atoms with van der Waals surface area (Å²) in [5, 5.41) is 13.7. The van der Waals surface area contributed by atoms with Crippen LogP contribution in [0.2, 0.25) is 0 Å². The number of nitrogens with zero attached hydrogens (tertiary/aromatic N) is 4. The molecule has 0 saturated heterocycles. The zero-order valence-corrected chi connectivity index (χ0v) is 15.0. The fraction of sp³-hybridized carbons (Fsp3) is 0.412. The quantitative estimate of drug-likeness (QED) is 0.747. The minimum absolute atomic E-state index is 0.266. The van der Waals surface area contributed by atoms with E-state index in [0.29, 0.717) is 23.8 Å². The largest absolute Gasteiger partial charge is 0.350 e. The Bertz CT molecular complexity index is 772. The SMILES string of the molecule is CCn1cc(/C=C/C(=O)Nc2cnn(C)c2C(=O)NCC(C)C)cn1. The van der Waals surface area contributed by atoms with Gasteiger partial charge in [-0.1, -0.05) is 13.8 Å². The third-order valence-corrected chi connectivity index (χ3v) is 3.49. The van der Waals surface area contributed by atoms with E-state index >= 15 is 0 Å². The lowest BCUT2D eigenvalue weighted by atomic mass is 10.2. The molecule has 0 fully saturated rings. The highest BCUT2D eigenvalue weighted by molar-refractivity contribution is 6.06. The van der Waals surface area contributed by atoms with Crippen LogP contribution < -0.4 is 10.6 Å². The normalized spacial score (nSPS) is 11.2. The summed E-state index contributed by atoms with van der Waals surface area (Å²) in [5.41, 5.74) is 1.53. The second-order valence-electron chi connectivity index (χ2n) is 6.09. The Morgan fingerprint density at radius 1 is 1.28 bits per heavy atom. The Morgan fingerprint density at radius 2 is 2.04 bits per heavy atom. The molecule has 0 aromatic carbocycles. The topological polar surface area (TPSA) is 93.8 Å². The number of aromatic nitrogens is 4. The van der Waals surface area contributed by atoms with Crippen molar-refractivity contribution in [2.24, 2.45) is 13.0 Å². The summed E-state index contributed by atoms with van der Waals surface area (Å²) in [5.74, 6) is -0.269. The zero-order chi connectivity index (χ0) is 18.4. The lowest BCUT2D eigenvalue weighted by Gasteiger charge is -2.09. The van der Waals surface area contributed by atoms with E-state index in [1.54, 1.807) is 24.0 Å². The molecule has 2 aromatic heterocycles. The molecule has 2 heterocycles. The van der Waals surface area contributed by atoms with Crippen LogP contribution in [0.4, 0.5) is 5.69 Å². The van der Waals surface area contributed by atoms with Gasteiger partial charge in [-0.15, -0.1) is 0 Å². The number of carbonyl (C=O) groups excluding carboxylic acids is 2. The van der Waals surface area contributed by atoms with Crippen LogP contribution >= 0.6 is 0 Å². The first-order valence-corrected chi connectivity index (χ1v) is 8.22. The highest BCUT2D eigenvalue weighted by Crippen LogP contribution is 2.14. The third kappa shape index (κ3) is 5.03. The Hall–Kier alpha value is -2.90. The van der Waals surface area contributed by atoms with Crippen molar-refractivity contribution in [3.05, 3.63) is 35.9 Å². The number of amides is 2. The monoisotopic (exact) mass is 344 g/mol. The second-order valence-corrected chi connectivity index (χ2v) is 6.09. The summed E-state index contributed by atoms with van der Waals surface area (Å²) in [4.78, 5) is 24.4. The average molecular weight is 344 g/mol. The van der Waals surface area contributed by atoms with Crippen molar-refractivity contribution >= 4 is 23.6 Å². The molecule has 134 valence electrons. The lowest BCUT2D eigenvalue weighted by molar-refractivity contribution is -0.111. The number of nitrogens with one attached hydrogen (secondary N) is 2. The van der Waals surface area contributed by atoms with Crippen molar-refractivity contribution in [3.8, 4) is 0 Å². The van der Waals surface area contributed by atoms with E-state index in [4.69, 9.17) is 0 Å². The Labute approximate surface area is 146 Å². The van der Waals surface area contributed by atoms with Crippen LogP contribution in [0.25, 0.3) is 6.08 Å². The van der Waals surface area contributed by atoms with Crippen LogP contribution in [0.15, 0.2) is 24.7 Å². The number of hydrogen-bond acceptors (Lipinski definition) is 4. The van der Waals surface area contributed by atoms with E-state index in [1.807, 2.05) is 27.0 Å². The van der Waals surface area contributed by atoms with Gasteiger partial charge in [-0.05, 0) is 18.9 Å². The van der Waals surface area contributed by atoms with Crippen LogP contribution in [-0.4, -0.2) is 37.9 Å². The summed E-state index contributed by atoms with van der Waals surface area (Å²) in [7, 11) is 1.66. The molecule has 0 spiro atoms. The molecule has 2 aromatic rings. The summed E-state index contributed by atoms with van der Waals surface area (Å²) in [6.07, 6.45) is 8.06. The van der Waals surface area contributed by atoms with Crippen LogP contribution in [-0.2, 0) is 18.4 Å². The number of anilines is 1. The highest BCUT2D eigenvalue weighted by atomic mass is 16.2. The fourth-order valence-corrected chi connectivity index (χ4v) is 2.16. The molecule has 25 heavy (non-hydrogen) atoms. The van der Waals surface area contributed by atoms with Gasteiger partial charge in [-0.3, -0.25) is 19.0 Å². The van der Waals surface area contributed by atoms with E-state index in [2.05, 4.69) is 20.8 Å². The molecular formula is C17H24N6O2. The van der Waals surface area contributed by atoms with Gasteiger partial charge < -0.3 is 10.6 Å². The molecule has 0 radical (unpaired) electrons. The molecule has 0 saturated carbocycles. The van der Waals surface area contributed by atoms with E-state index in [9.17, 15) is 9.59 Å². The van der Waals surface area contributed by atoms with Gasteiger partial charge >= 0.3 is 0 Å². The Morgan fingerprint density at radius 3 is 2.68 bits per heavy atom. The molecule has 2 amide bonds. The van der Waals surface area contributed by atoms with Crippen molar-refractivity contribution in [2.75, 3.05) is 11.9 Å². The number of aryl methyl sites for hydroxylation is 2. The minimum atomic E-state index is -0.338. The smallest absolute Gasteiger partial charge is 0.271 e. The van der Waals surface area contributed by atoms with Crippen LogP contribution in [0.3, 0.4) is 0 Å². The molecule has 0 bridgehead atoms. The van der Waals surface area contributed by atoms with E-state index < -0.39 is 0 Å². The fourth-order valence-electron chi connectivity index (χ4n) is 2.16. The number of carbonyl (C=O) groups is 2. The van der Waals surface area contributed by atoms with Gasteiger partial charge in [0.15, 0.2) is 0 Å². The van der Waals surface area contributed by atoms with Crippen molar-refractivity contribution in [2.45, 2.75) is 27.3 Å². The van der Waals surface area contributed by atoms with E-state index in [1.165, 1.54) is 17.0 Å². The predicted molar refractivity (Wildman–Crippen MR) is 95.9 cm³/mol.